The number of hydrogen-bond acceptors (Lipinski definition) is 1. The molecule has 0 atom stereocenters. The highest BCUT2D eigenvalue weighted by molar-refractivity contribution is 7.76. The highest BCUT2D eigenvalue weighted by Gasteiger charge is 2.31. The summed E-state index contributed by atoms with van der Waals surface area (Å²) in [5.41, 5.74) is 1.60. The minimum absolute atomic E-state index is 0.465. The lowest BCUT2D eigenvalue weighted by atomic mass is 10.2. The molecule has 0 unspecified atom stereocenters. The average Bonchev–Trinajstić information content (AvgIpc) is 3.06. The first-order chi connectivity index (χ1) is 12.9. The second kappa shape index (κ2) is 8.69. The van der Waals surface area contributed by atoms with Crippen LogP contribution in [0.3, 0.4) is 0 Å². The van der Waals surface area contributed by atoms with E-state index in [1.165, 1.54) is 17.0 Å². The molecule has 27 heavy (non-hydrogen) atoms. The largest absolute Gasteiger partial charge is 0.309 e. The van der Waals surface area contributed by atoms with Crippen LogP contribution in [0.5, 0.6) is 0 Å². The first-order valence-electron chi connectivity index (χ1n) is 9.84. The molecular formula is C24H32NPSi. The third-order valence-electron chi connectivity index (χ3n) is 5.17. The average molecular weight is 394 g/mol. The Balaban J connectivity index is 2.07. The van der Waals surface area contributed by atoms with Crippen LogP contribution in [-0.2, 0) is 0 Å². The summed E-state index contributed by atoms with van der Waals surface area (Å²) in [6.07, 6.45) is 4.90. The molecule has 0 saturated carbocycles. The van der Waals surface area contributed by atoms with Gasteiger partial charge in [-0.05, 0) is 56.4 Å². The lowest BCUT2D eigenvalue weighted by molar-refractivity contribution is 0.414. The highest BCUT2D eigenvalue weighted by atomic mass is 31.1. The van der Waals surface area contributed by atoms with Crippen molar-refractivity contribution in [3.05, 3.63) is 82.8 Å². The van der Waals surface area contributed by atoms with E-state index in [1.807, 2.05) is 0 Å². The van der Waals surface area contributed by atoms with Crippen LogP contribution >= 0.6 is 7.92 Å². The molecule has 0 amide bonds. The molecule has 0 fully saturated rings. The van der Waals surface area contributed by atoms with Gasteiger partial charge in [-0.25, -0.2) is 0 Å². The molecule has 2 aromatic carbocycles. The first-order valence-corrected chi connectivity index (χ1v) is 14.7. The van der Waals surface area contributed by atoms with Gasteiger partial charge in [-0.3, -0.25) is 0 Å². The fraction of sp³-hybridized carbons (Fsp3) is 0.333. The van der Waals surface area contributed by atoms with Crippen molar-refractivity contribution in [2.24, 2.45) is 0 Å². The van der Waals surface area contributed by atoms with Gasteiger partial charge in [-0.15, -0.1) is 0 Å². The van der Waals surface area contributed by atoms with Crippen molar-refractivity contribution in [2.45, 2.75) is 32.5 Å². The van der Waals surface area contributed by atoms with Gasteiger partial charge in [0.25, 0.3) is 0 Å². The lowest BCUT2D eigenvalue weighted by Gasteiger charge is -2.25. The van der Waals surface area contributed by atoms with Crippen molar-refractivity contribution in [1.82, 2.24) is 4.90 Å². The monoisotopic (exact) mass is 393 g/mol. The molecule has 3 rings (SSSR count). The normalized spacial score (nSPS) is 15.0. The Hall–Kier alpha value is -1.47. The molecule has 0 aliphatic heterocycles. The zero-order valence-electron chi connectivity index (χ0n) is 17.4. The van der Waals surface area contributed by atoms with Gasteiger partial charge in [-0.1, -0.05) is 91.6 Å². The Bertz CT molecular complexity index is 777. The van der Waals surface area contributed by atoms with E-state index in [0.29, 0.717) is 0 Å². The molecule has 0 aromatic heterocycles. The molecule has 0 bridgehead atoms. The topological polar surface area (TPSA) is 3.24 Å². The Kier molecular flexibility index (Phi) is 6.52. The van der Waals surface area contributed by atoms with E-state index in [1.54, 1.807) is 16.1 Å². The zero-order chi connectivity index (χ0) is 19.4. The number of hydrogen-bond donors (Lipinski definition) is 0. The third kappa shape index (κ3) is 5.07. The van der Waals surface area contributed by atoms with E-state index < -0.39 is 16.0 Å². The Morgan fingerprint density at radius 1 is 0.852 bits per heavy atom. The maximum atomic E-state index is 2.58. The van der Waals surface area contributed by atoms with Gasteiger partial charge >= 0.3 is 0 Å². The van der Waals surface area contributed by atoms with Gasteiger partial charge in [0, 0.05) is 6.54 Å². The van der Waals surface area contributed by atoms with E-state index in [9.17, 15) is 0 Å². The van der Waals surface area contributed by atoms with E-state index >= 15 is 0 Å². The summed E-state index contributed by atoms with van der Waals surface area (Å²) in [5.74, 6) is 0. The van der Waals surface area contributed by atoms with Crippen LogP contribution in [0.4, 0.5) is 0 Å². The summed E-state index contributed by atoms with van der Waals surface area (Å²) in [6, 6.07) is 22.3. The molecular weight excluding hydrogens is 361 g/mol. The molecule has 1 nitrogen and oxygen atoms in total. The summed E-state index contributed by atoms with van der Waals surface area (Å²) in [7, 11) is 2.59. The van der Waals surface area contributed by atoms with E-state index in [0.717, 1.165) is 13.0 Å². The molecule has 0 saturated heterocycles. The second-order valence-electron chi connectivity index (χ2n) is 8.63. The molecule has 0 spiro atoms. The zero-order valence-corrected chi connectivity index (χ0v) is 19.3. The van der Waals surface area contributed by atoms with Crippen molar-refractivity contribution < 1.29 is 0 Å². The second-order valence-corrected chi connectivity index (χ2v) is 16.0. The van der Waals surface area contributed by atoms with Crippen molar-refractivity contribution in [1.29, 1.82) is 0 Å². The molecule has 1 aliphatic carbocycles. The number of nitrogens with zero attached hydrogens (tertiary/aromatic N) is 1. The van der Waals surface area contributed by atoms with Gasteiger partial charge in [0.05, 0.1) is 8.07 Å². The van der Waals surface area contributed by atoms with E-state index in [4.69, 9.17) is 0 Å². The van der Waals surface area contributed by atoms with Crippen molar-refractivity contribution in [3.8, 4) is 0 Å². The fourth-order valence-corrected chi connectivity index (χ4v) is 7.64. The smallest absolute Gasteiger partial charge is 0.0728 e. The van der Waals surface area contributed by atoms with E-state index in [-0.39, 0.29) is 0 Å². The van der Waals surface area contributed by atoms with Gasteiger partial charge in [0.15, 0.2) is 0 Å². The predicted molar refractivity (Wildman–Crippen MR) is 125 cm³/mol. The Morgan fingerprint density at radius 3 is 1.81 bits per heavy atom. The molecule has 0 radical (unpaired) electrons. The molecule has 1 aliphatic rings. The van der Waals surface area contributed by atoms with Gasteiger partial charge in [0.1, 0.15) is 0 Å². The molecule has 3 heteroatoms. The third-order valence-corrected chi connectivity index (χ3v) is 10.0. The molecule has 142 valence electrons. The summed E-state index contributed by atoms with van der Waals surface area (Å²) >= 11 is 0. The summed E-state index contributed by atoms with van der Waals surface area (Å²) in [6.45, 7) is 8.57. The van der Waals surface area contributed by atoms with Crippen LogP contribution in [0.15, 0.2) is 82.8 Å². The summed E-state index contributed by atoms with van der Waals surface area (Å²) in [5, 5.41) is 6.34. The van der Waals surface area contributed by atoms with Crippen molar-refractivity contribution in [3.63, 3.8) is 0 Å². The Labute approximate surface area is 167 Å². The standard InChI is InChI=1S/C24H32NPSi/c1-25(2)17-16-20-18-23(27(3,4)5)19-24(20)26(21-12-8-6-9-13-21)22-14-10-7-11-15-22/h6-15,18H,16-17,19H2,1-5H3. The van der Waals surface area contributed by atoms with Crippen LogP contribution in [0.1, 0.15) is 12.8 Å². The van der Waals surface area contributed by atoms with Crippen molar-refractivity contribution >= 4 is 26.6 Å². The van der Waals surface area contributed by atoms with Crippen LogP contribution in [0.25, 0.3) is 0 Å². The predicted octanol–water partition coefficient (Wildman–Crippen LogP) is 5.53. The SMILES string of the molecule is CN(C)CCC1=C(P(c2ccccc2)c2ccccc2)CC([Si](C)(C)C)=C1. The molecule has 2 aromatic rings. The minimum Gasteiger partial charge on any atom is -0.309 e. The highest BCUT2D eigenvalue weighted by Crippen LogP contribution is 2.52. The van der Waals surface area contributed by atoms with Crippen LogP contribution in [0, 0.1) is 0 Å². The minimum atomic E-state index is -1.30. The Morgan fingerprint density at radius 2 is 1.37 bits per heavy atom. The van der Waals surface area contributed by atoms with Crippen LogP contribution in [-0.4, -0.2) is 33.6 Å². The quantitative estimate of drug-likeness (QED) is 0.441. The maximum Gasteiger partial charge on any atom is 0.0728 e. The van der Waals surface area contributed by atoms with Gasteiger partial charge < -0.3 is 4.90 Å². The maximum absolute atomic E-state index is 2.58. The van der Waals surface area contributed by atoms with Crippen LogP contribution in [0.2, 0.25) is 19.6 Å². The number of benzene rings is 2. The fourth-order valence-electron chi connectivity index (χ4n) is 3.52. The van der Waals surface area contributed by atoms with Gasteiger partial charge in [-0.2, -0.15) is 0 Å². The lowest BCUT2D eigenvalue weighted by Crippen LogP contribution is -2.23. The molecule has 0 heterocycles. The summed E-state index contributed by atoms with van der Waals surface area (Å²) < 4.78 is 0. The molecule has 0 N–H and O–H groups in total. The summed E-state index contributed by atoms with van der Waals surface area (Å²) in [4.78, 5) is 2.30. The number of rotatable bonds is 7. The number of allylic oxidation sites excluding steroid dienone is 3. The van der Waals surface area contributed by atoms with E-state index in [2.05, 4.69) is 105 Å². The van der Waals surface area contributed by atoms with Crippen LogP contribution < -0.4 is 10.6 Å². The van der Waals surface area contributed by atoms with Gasteiger partial charge in [0.2, 0.25) is 0 Å². The van der Waals surface area contributed by atoms with Crippen molar-refractivity contribution in [2.75, 3.05) is 20.6 Å². The first kappa shape index (κ1) is 20.3.